The first-order chi connectivity index (χ1) is 7.78. The van der Waals surface area contributed by atoms with Gasteiger partial charge in [-0.1, -0.05) is 35.4 Å². The molecule has 1 fully saturated rings. The van der Waals surface area contributed by atoms with E-state index in [1.165, 1.54) is 11.1 Å². The number of amides is 1. The quantitative estimate of drug-likeness (QED) is 0.722. The minimum atomic E-state index is 0.762. The first kappa shape index (κ1) is 11.2. The van der Waals surface area contributed by atoms with Gasteiger partial charge in [0.15, 0.2) is 0 Å². The van der Waals surface area contributed by atoms with Crippen LogP contribution in [-0.2, 0) is 4.79 Å². The molecule has 0 bridgehead atoms. The van der Waals surface area contributed by atoms with Crippen LogP contribution in [0.5, 0.6) is 0 Å². The average molecular weight is 236 g/mol. The van der Waals surface area contributed by atoms with E-state index in [0.717, 1.165) is 37.4 Å². The zero-order chi connectivity index (χ0) is 11.4. The van der Waals surface area contributed by atoms with Crippen molar-refractivity contribution in [2.75, 3.05) is 13.1 Å². The fraction of sp³-hybridized carbons (Fsp3) is 0.308. The van der Waals surface area contributed by atoms with Gasteiger partial charge in [0.05, 0.1) is 0 Å². The largest absolute Gasteiger partial charge is 0.345 e. The fourth-order valence-corrected chi connectivity index (χ4v) is 1.98. The number of carbonyl (C=O) groups excluding carboxylic acids is 1. The van der Waals surface area contributed by atoms with Gasteiger partial charge in [-0.3, -0.25) is 4.79 Å². The summed E-state index contributed by atoms with van der Waals surface area (Å²) < 4.78 is 0. The molecule has 0 saturated carbocycles. The second-order valence-corrected chi connectivity index (χ2v) is 4.43. The average Bonchev–Trinajstić information content (AvgIpc) is 2.33. The van der Waals surface area contributed by atoms with Gasteiger partial charge in [-0.15, -0.1) is 0 Å². The minimum Gasteiger partial charge on any atom is -0.345 e. The van der Waals surface area contributed by atoms with E-state index in [1.54, 1.807) is 0 Å². The minimum absolute atomic E-state index is 0.762. The van der Waals surface area contributed by atoms with Crippen molar-refractivity contribution in [1.82, 2.24) is 4.90 Å². The maximum atomic E-state index is 10.6. The van der Waals surface area contributed by atoms with E-state index in [-0.39, 0.29) is 0 Å². The van der Waals surface area contributed by atoms with E-state index in [1.807, 2.05) is 29.2 Å². The van der Waals surface area contributed by atoms with Crippen LogP contribution in [0.15, 0.2) is 29.8 Å². The number of piperidine rings is 1. The molecule has 0 radical (unpaired) electrons. The molecular formula is C13H14ClNO. The Hall–Kier alpha value is -1.28. The maximum Gasteiger partial charge on any atom is 0.209 e. The van der Waals surface area contributed by atoms with Crippen molar-refractivity contribution in [2.45, 2.75) is 12.8 Å². The summed E-state index contributed by atoms with van der Waals surface area (Å²) in [6, 6.07) is 7.83. The summed E-state index contributed by atoms with van der Waals surface area (Å²) in [5, 5.41) is 0.762. The van der Waals surface area contributed by atoms with Crippen LogP contribution in [0.2, 0.25) is 5.02 Å². The van der Waals surface area contributed by atoms with E-state index in [0.29, 0.717) is 0 Å². The monoisotopic (exact) mass is 235 g/mol. The highest BCUT2D eigenvalue weighted by Crippen LogP contribution is 2.19. The van der Waals surface area contributed by atoms with E-state index < -0.39 is 0 Å². The lowest BCUT2D eigenvalue weighted by Crippen LogP contribution is -2.29. The standard InChI is InChI=1S/C13H14ClNO/c14-13-3-1-11(2-4-13)9-12-5-7-15(10-16)8-6-12/h1-4,9-10H,5-8H2. The molecule has 1 heterocycles. The van der Waals surface area contributed by atoms with Crippen LogP contribution < -0.4 is 0 Å². The first-order valence-corrected chi connectivity index (χ1v) is 5.80. The van der Waals surface area contributed by atoms with Gasteiger partial charge in [0.25, 0.3) is 0 Å². The molecule has 1 saturated heterocycles. The highest BCUT2D eigenvalue weighted by atomic mass is 35.5. The number of halogens is 1. The highest BCUT2D eigenvalue weighted by Gasteiger charge is 2.11. The second kappa shape index (κ2) is 5.17. The van der Waals surface area contributed by atoms with E-state index in [4.69, 9.17) is 11.6 Å². The SMILES string of the molecule is O=CN1CCC(=Cc2ccc(Cl)cc2)CC1. The van der Waals surface area contributed by atoms with Crippen LogP contribution in [0.25, 0.3) is 6.08 Å². The molecule has 0 aliphatic carbocycles. The molecule has 0 atom stereocenters. The lowest BCUT2D eigenvalue weighted by atomic mass is 10.0. The van der Waals surface area contributed by atoms with Gasteiger partial charge in [0.1, 0.15) is 0 Å². The summed E-state index contributed by atoms with van der Waals surface area (Å²) in [4.78, 5) is 12.4. The summed E-state index contributed by atoms with van der Waals surface area (Å²) in [5.74, 6) is 0. The first-order valence-electron chi connectivity index (χ1n) is 5.42. The maximum absolute atomic E-state index is 10.6. The van der Waals surface area contributed by atoms with Crippen molar-refractivity contribution in [2.24, 2.45) is 0 Å². The molecule has 1 aromatic carbocycles. The molecule has 0 unspecified atom stereocenters. The zero-order valence-electron chi connectivity index (χ0n) is 9.03. The van der Waals surface area contributed by atoms with Crippen LogP contribution >= 0.6 is 11.6 Å². The Morgan fingerprint density at radius 2 is 1.75 bits per heavy atom. The number of likely N-dealkylation sites (tertiary alicyclic amines) is 1. The molecular weight excluding hydrogens is 222 g/mol. The third kappa shape index (κ3) is 2.86. The molecule has 16 heavy (non-hydrogen) atoms. The summed E-state index contributed by atoms with van der Waals surface area (Å²) in [6.45, 7) is 1.67. The molecule has 0 spiro atoms. The van der Waals surface area contributed by atoms with Crippen LogP contribution in [0.3, 0.4) is 0 Å². The molecule has 1 aromatic rings. The molecule has 0 N–H and O–H groups in total. The van der Waals surface area contributed by atoms with Crippen LogP contribution in [0.1, 0.15) is 18.4 Å². The highest BCUT2D eigenvalue weighted by molar-refractivity contribution is 6.30. The summed E-state index contributed by atoms with van der Waals surface area (Å²) >= 11 is 5.83. The Kier molecular flexibility index (Phi) is 3.62. The molecule has 1 aliphatic rings. The lowest BCUT2D eigenvalue weighted by Gasteiger charge is -2.24. The topological polar surface area (TPSA) is 20.3 Å². The van der Waals surface area contributed by atoms with Gasteiger partial charge >= 0.3 is 0 Å². The predicted molar refractivity (Wildman–Crippen MR) is 66.3 cm³/mol. The van der Waals surface area contributed by atoms with Gasteiger partial charge in [-0.2, -0.15) is 0 Å². The number of rotatable bonds is 2. The zero-order valence-corrected chi connectivity index (χ0v) is 9.78. The number of benzene rings is 1. The van der Waals surface area contributed by atoms with E-state index in [9.17, 15) is 4.79 Å². The smallest absolute Gasteiger partial charge is 0.209 e. The summed E-state index contributed by atoms with van der Waals surface area (Å²) in [5.41, 5.74) is 2.58. The molecule has 1 amide bonds. The third-order valence-electron chi connectivity index (χ3n) is 2.83. The Balaban J connectivity index is 2.03. The van der Waals surface area contributed by atoms with Crippen molar-refractivity contribution in [3.63, 3.8) is 0 Å². The Morgan fingerprint density at radius 3 is 2.31 bits per heavy atom. The molecule has 84 valence electrons. The Labute approximate surface area is 101 Å². The van der Waals surface area contributed by atoms with Gasteiger partial charge < -0.3 is 4.90 Å². The van der Waals surface area contributed by atoms with E-state index >= 15 is 0 Å². The number of hydrogen-bond donors (Lipinski definition) is 0. The normalized spacial score (nSPS) is 16.1. The Bertz CT molecular complexity index is 387. The molecule has 0 aromatic heterocycles. The van der Waals surface area contributed by atoms with Gasteiger partial charge in [0, 0.05) is 18.1 Å². The fourth-order valence-electron chi connectivity index (χ4n) is 1.86. The predicted octanol–water partition coefficient (Wildman–Crippen LogP) is 2.98. The van der Waals surface area contributed by atoms with E-state index in [2.05, 4.69) is 6.08 Å². The van der Waals surface area contributed by atoms with Gasteiger partial charge in [-0.25, -0.2) is 0 Å². The van der Waals surface area contributed by atoms with Gasteiger partial charge in [0.2, 0.25) is 6.41 Å². The molecule has 2 nitrogen and oxygen atoms in total. The number of nitrogens with zero attached hydrogens (tertiary/aromatic N) is 1. The molecule has 3 heteroatoms. The summed E-state index contributed by atoms with van der Waals surface area (Å²) in [7, 11) is 0. The van der Waals surface area contributed by atoms with Crippen LogP contribution in [0, 0.1) is 0 Å². The Morgan fingerprint density at radius 1 is 1.12 bits per heavy atom. The van der Waals surface area contributed by atoms with Gasteiger partial charge in [-0.05, 0) is 30.5 Å². The lowest BCUT2D eigenvalue weighted by molar-refractivity contribution is -0.118. The molecule has 1 aliphatic heterocycles. The molecule has 2 rings (SSSR count). The summed E-state index contributed by atoms with van der Waals surface area (Å²) in [6.07, 6.45) is 5.07. The van der Waals surface area contributed by atoms with Crippen LogP contribution in [-0.4, -0.2) is 24.4 Å². The second-order valence-electron chi connectivity index (χ2n) is 4.00. The number of hydrogen-bond acceptors (Lipinski definition) is 1. The number of carbonyl (C=O) groups is 1. The van der Waals surface area contributed by atoms with Crippen molar-refractivity contribution in [3.05, 3.63) is 40.4 Å². The van der Waals surface area contributed by atoms with Crippen LogP contribution in [0.4, 0.5) is 0 Å². The van der Waals surface area contributed by atoms with Crippen molar-refractivity contribution < 1.29 is 4.79 Å². The van der Waals surface area contributed by atoms with Crippen molar-refractivity contribution in [3.8, 4) is 0 Å². The van der Waals surface area contributed by atoms with Crippen molar-refractivity contribution in [1.29, 1.82) is 0 Å². The third-order valence-corrected chi connectivity index (χ3v) is 3.08. The van der Waals surface area contributed by atoms with Crippen molar-refractivity contribution >= 4 is 24.1 Å².